The first-order valence-electron chi connectivity index (χ1n) is 6.61. The lowest BCUT2D eigenvalue weighted by atomic mass is 10.2. The van der Waals surface area contributed by atoms with Crippen molar-refractivity contribution in [2.75, 3.05) is 12.4 Å². The summed E-state index contributed by atoms with van der Waals surface area (Å²) < 4.78 is 5.13. The first-order chi connectivity index (χ1) is 9.71. The summed E-state index contributed by atoms with van der Waals surface area (Å²) >= 11 is 6.00. The van der Waals surface area contributed by atoms with Crippen molar-refractivity contribution in [2.24, 2.45) is 0 Å². The van der Waals surface area contributed by atoms with Crippen LogP contribution < -0.4 is 10.1 Å². The van der Waals surface area contributed by atoms with E-state index in [4.69, 9.17) is 16.3 Å². The summed E-state index contributed by atoms with van der Waals surface area (Å²) in [6.45, 7) is 2.76. The lowest BCUT2D eigenvalue weighted by Crippen LogP contribution is -2.05. The van der Waals surface area contributed by atoms with E-state index in [-0.39, 0.29) is 0 Å². The van der Waals surface area contributed by atoms with Gasteiger partial charge in [-0.1, -0.05) is 37.1 Å². The van der Waals surface area contributed by atoms with Crippen molar-refractivity contribution in [3.63, 3.8) is 0 Å². The van der Waals surface area contributed by atoms with Crippen molar-refractivity contribution in [2.45, 2.75) is 26.3 Å². The minimum absolute atomic E-state index is 0.473. The third-order valence-corrected chi connectivity index (χ3v) is 3.06. The quantitative estimate of drug-likeness (QED) is 0.824. The Bertz CT molecular complexity index is 558. The summed E-state index contributed by atoms with van der Waals surface area (Å²) in [5, 5.41) is 3.66. The van der Waals surface area contributed by atoms with E-state index in [9.17, 15) is 0 Å². The Morgan fingerprint density at radius 2 is 1.95 bits per heavy atom. The highest BCUT2D eigenvalue weighted by Crippen LogP contribution is 2.14. The van der Waals surface area contributed by atoms with Crippen LogP contribution in [0.1, 0.15) is 24.6 Å². The minimum atomic E-state index is 0.473. The molecule has 0 spiro atoms. The fourth-order valence-corrected chi connectivity index (χ4v) is 2.06. The summed E-state index contributed by atoms with van der Waals surface area (Å²) in [6.07, 6.45) is 1.94. The van der Waals surface area contributed by atoms with E-state index in [1.807, 2.05) is 30.3 Å². The number of hydrogen-bond acceptors (Lipinski definition) is 4. The second-order valence-electron chi connectivity index (χ2n) is 4.46. The first-order valence-corrected chi connectivity index (χ1v) is 6.99. The van der Waals surface area contributed by atoms with Gasteiger partial charge in [-0.3, -0.25) is 0 Å². The second kappa shape index (κ2) is 7.10. The summed E-state index contributed by atoms with van der Waals surface area (Å²) in [6, 6.07) is 9.67. The summed E-state index contributed by atoms with van der Waals surface area (Å²) in [7, 11) is 1.66. The molecular weight excluding hydrogens is 274 g/mol. The zero-order chi connectivity index (χ0) is 14.4. The molecule has 0 saturated carbocycles. The van der Waals surface area contributed by atoms with Crippen molar-refractivity contribution in [1.82, 2.24) is 9.97 Å². The lowest BCUT2D eigenvalue weighted by molar-refractivity contribution is 0.414. The van der Waals surface area contributed by atoms with E-state index in [1.54, 1.807) is 7.11 Å². The highest BCUT2D eigenvalue weighted by atomic mass is 35.5. The van der Waals surface area contributed by atoms with E-state index in [2.05, 4.69) is 22.2 Å². The molecule has 106 valence electrons. The van der Waals surface area contributed by atoms with Crippen molar-refractivity contribution < 1.29 is 4.74 Å². The van der Waals surface area contributed by atoms with E-state index in [0.717, 1.165) is 29.8 Å². The Balaban J connectivity index is 2.02. The maximum Gasteiger partial charge on any atom is 0.224 e. The fraction of sp³-hybridized carbons (Fsp3) is 0.333. The molecule has 1 aromatic heterocycles. The Morgan fingerprint density at radius 3 is 2.60 bits per heavy atom. The number of aromatic nitrogens is 2. The number of ether oxygens (including phenoxy) is 1. The number of anilines is 1. The number of aryl methyl sites for hydroxylation is 1. The second-order valence-corrected chi connectivity index (χ2v) is 4.84. The zero-order valence-corrected chi connectivity index (χ0v) is 12.4. The Morgan fingerprint density at radius 1 is 1.20 bits per heavy atom. The molecule has 0 atom stereocenters. The molecule has 1 aromatic carbocycles. The van der Waals surface area contributed by atoms with Gasteiger partial charge in [0.1, 0.15) is 10.9 Å². The lowest BCUT2D eigenvalue weighted by Gasteiger charge is -2.08. The molecule has 20 heavy (non-hydrogen) atoms. The van der Waals surface area contributed by atoms with Crippen molar-refractivity contribution >= 4 is 17.5 Å². The predicted molar refractivity (Wildman–Crippen MR) is 81.4 cm³/mol. The Labute approximate surface area is 124 Å². The van der Waals surface area contributed by atoms with Gasteiger partial charge in [-0.05, 0) is 30.2 Å². The van der Waals surface area contributed by atoms with Gasteiger partial charge in [0.15, 0.2) is 0 Å². The molecule has 1 heterocycles. The Kier molecular flexibility index (Phi) is 5.18. The van der Waals surface area contributed by atoms with Gasteiger partial charge in [0, 0.05) is 12.2 Å². The summed E-state index contributed by atoms with van der Waals surface area (Å²) in [5.41, 5.74) is 2.09. The van der Waals surface area contributed by atoms with Gasteiger partial charge >= 0.3 is 0 Å². The third kappa shape index (κ3) is 4.10. The molecule has 0 aliphatic rings. The van der Waals surface area contributed by atoms with E-state index in [0.29, 0.717) is 17.6 Å². The molecule has 0 saturated heterocycles. The molecule has 0 bridgehead atoms. The number of hydrogen-bond donors (Lipinski definition) is 1. The topological polar surface area (TPSA) is 47.0 Å². The van der Waals surface area contributed by atoms with Crippen LogP contribution in [0.3, 0.4) is 0 Å². The van der Waals surface area contributed by atoms with Crippen LogP contribution in [0.4, 0.5) is 5.95 Å². The third-order valence-electron chi connectivity index (χ3n) is 2.86. The van der Waals surface area contributed by atoms with Crippen LogP contribution in [0, 0.1) is 0 Å². The highest BCUT2D eigenvalue weighted by molar-refractivity contribution is 6.29. The minimum Gasteiger partial charge on any atom is -0.497 e. The van der Waals surface area contributed by atoms with Crippen LogP contribution in [-0.2, 0) is 13.0 Å². The normalized spacial score (nSPS) is 10.3. The van der Waals surface area contributed by atoms with E-state index in [1.165, 1.54) is 0 Å². The average molecular weight is 292 g/mol. The zero-order valence-electron chi connectivity index (χ0n) is 11.7. The predicted octanol–water partition coefficient (Wildman–Crippen LogP) is 3.70. The molecular formula is C15H18ClN3O. The first kappa shape index (κ1) is 14.6. The molecule has 0 radical (unpaired) electrons. The molecule has 0 aliphatic heterocycles. The van der Waals surface area contributed by atoms with Gasteiger partial charge in [-0.15, -0.1) is 0 Å². The van der Waals surface area contributed by atoms with Crippen LogP contribution in [-0.4, -0.2) is 17.1 Å². The Hall–Kier alpha value is -1.81. The molecule has 0 aliphatic carbocycles. The molecule has 4 nitrogen and oxygen atoms in total. The van der Waals surface area contributed by atoms with Crippen molar-refractivity contribution in [1.29, 1.82) is 0 Å². The van der Waals surface area contributed by atoms with Gasteiger partial charge in [-0.2, -0.15) is 0 Å². The average Bonchev–Trinajstić information content (AvgIpc) is 2.45. The van der Waals surface area contributed by atoms with E-state index < -0.39 is 0 Å². The number of benzene rings is 1. The molecule has 0 unspecified atom stereocenters. The summed E-state index contributed by atoms with van der Waals surface area (Å²) in [4.78, 5) is 8.62. The number of nitrogens with one attached hydrogen (secondary N) is 1. The van der Waals surface area contributed by atoms with Gasteiger partial charge < -0.3 is 10.1 Å². The summed E-state index contributed by atoms with van der Waals surface area (Å²) in [5.74, 6) is 1.41. The largest absolute Gasteiger partial charge is 0.497 e. The van der Waals surface area contributed by atoms with Crippen LogP contribution >= 0.6 is 11.6 Å². The molecule has 2 rings (SSSR count). The van der Waals surface area contributed by atoms with Crippen LogP contribution in [0.2, 0.25) is 5.15 Å². The molecule has 1 N–H and O–H groups in total. The van der Waals surface area contributed by atoms with E-state index >= 15 is 0 Å². The number of halogens is 1. The van der Waals surface area contributed by atoms with Gasteiger partial charge in [0.05, 0.1) is 7.11 Å². The highest BCUT2D eigenvalue weighted by Gasteiger charge is 2.03. The van der Waals surface area contributed by atoms with Gasteiger partial charge in [-0.25, -0.2) is 9.97 Å². The SMILES string of the molecule is CCCc1cc(Cl)nc(NCc2ccc(OC)cc2)n1. The monoisotopic (exact) mass is 291 g/mol. The van der Waals surface area contributed by atoms with Crippen LogP contribution in [0.15, 0.2) is 30.3 Å². The van der Waals surface area contributed by atoms with Crippen molar-refractivity contribution in [3.05, 3.63) is 46.7 Å². The van der Waals surface area contributed by atoms with Crippen molar-refractivity contribution in [3.8, 4) is 5.75 Å². The number of nitrogens with zero attached hydrogens (tertiary/aromatic N) is 2. The van der Waals surface area contributed by atoms with Crippen LogP contribution in [0.25, 0.3) is 0 Å². The molecule has 0 fully saturated rings. The maximum atomic E-state index is 6.00. The van der Waals surface area contributed by atoms with Gasteiger partial charge in [0.25, 0.3) is 0 Å². The standard InChI is InChI=1S/C15H18ClN3O/c1-3-4-12-9-14(16)19-15(18-12)17-10-11-5-7-13(20-2)8-6-11/h5-9H,3-4,10H2,1-2H3,(H,17,18,19). The smallest absolute Gasteiger partial charge is 0.224 e. The number of rotatable bonds is 6. The fourth-order valence-electron chi connectivity index (χ4n) is 1.85. The molecule has 0 amide bonds. The molecule has 2 aromatic rings. The number of methoxy groups -OCH3 is 1. The van der Waals surface area contributed by atoms with Crippen LogP contribution in [0.5, 0.6) is 5.75 Å². The maximum absolute atomic E-state index is 6.00. The molecule has 5 heteroatoms. The van der Waals surface area contributed by atoms with Gasteiger partial charge in [0.2, 0.25) is 5.95 Å².